The molecule has 1 aromatic carbocycles. The van der Waals surface area contributed by atoms with Crippen LogP contribution in [0.4, 0.5) is 0 Å². The van der Waals surface area contributed by atoms with E-state index in [0.717, 1.165) is 26.2 Å². The monoisotopic (exact) mass is 287 g/mol. The van der Waals surface area contributed by atoms with Crippen molar-refractivity contribution in [1.29, 1.82) is 0 Å². The molecule has 0 heterocycles. The molecule has 0 spiro atoms. The molecule has 0 fully saturated rings. The number of para-hydroxylation sites is 1. The number of hydrogen-bond acceptors (Lipinski definition) is 4. The first-order valence-electron chi connectivity index (χ1n) is 6.58. The number of ether oxygens (including phenoxy) is 2. The van der Waals surface area contributed by atoms with Crippen molar-refractivity contribution in [2.45, 2.75) is 19.4 Å². The summed E-state index contributed by atoms with van der Waals surface area (Å²) in [4.78, 5) is 0. The van der Waals surface area contributed by atoms with Crippen molar-refractivity contribution in [1.82, 2.24) is 5.32 Å². The zero-order valence-electron chi connectivity index (χ0n) is 11.3. The third kappa shape index (κ3) is 7.38. The third-order valence-corrected chi connectivity index (χ3v) is 2.81. The largest absolute Gasteiger partial charge is 0.489 e. The van der Waals surface area contributed by atoms with Gasteiger partial charge in [0.15, 0.2) is 0 Å². The molecule has 108 valence electrons. The van der Waals surface area contributed by atoms with Crippen molar-refractivity contribution in [3.63, 3.8) is 0 Å². The molecule has 0 aromatic heterocycles. The van der Waals surface area contributed by atoms with Crippen LogP contribution in [0.2, 0.25) is 5.02 Å². The van der Waals surface area contributed by atoms with Crippen LogP contribution in [-0.2, 0) is 4.74 Å². The van der Waals surface area contributed by atoms with Crippen molar-refractivity contribution in [2.75, 3.05) is 32.9 Å². The Morgan fingerprint density at radius 1 is 1.37 bits per heavy atom. The summed E-state index contributed by atoms with van der Waals surface area (Å²) in [6, 6.07) is 7.23. The predicted molar refractivity (Wildman–Crippen MR) is 76.9 cm³/mol. The first-order valence-corrected chi connectivity index (χ1v) is 6.95. The Labute approximate surface area is 119 Å². The Bertz CT molecular complexity index is 349. The highest BCUT2D eigenvalue weighted by molar-refractivity contribution is 6.32. The second-order valence-corrected chi connectivity index (χ2v) is 4.56. The highest BCUT2D eigenvalue weighted by Gasteiger charge is 2.06. The van der Waals surface area contributed by atoms with Gasteiger partial charge in [-0.1, -0.05) is 23.7 Å². The zero-order chi connectivity index (χ0) is 13.9. The molecule has 0 bridgehead atoms. The topological polar surface area (TPSA) is 50.7 Å². The number of halogens is 1. The summed E-state index contributed by atoms with van der Waals surface area (Å²) < 4.78 is 10.7. The van der Waals surface area contributed by atoms with Crippen LogP contribution in [-0.4, -0.2) is 44.1 Å². The lowest BCUT2D eigenvalue weighted by Crippen LogP contribution is -2.32. The van der Waals surface area contributed by atoms with Crippen LogP contribution >= 0.6 is 11.6 Å². The molecular formula is C14H22ClNO3. The van der Waals surface area contributed by atoms with Crippen LogP contribution in [0.5, 0.6) is 5.75 Å². The van der Waals surface area contributed by atoms with E-state index in [0.29, 0.717) is 17.3 Å². The fraction of sp³-hybridized carbons (Fsp3) is 0.571. The maximum Gasteiger partial charge on any atom is 0.138 e. The number of nitrogens with one attached hydrogen (secondary N) is 1. The van der Waals surface area contributed by atoms with Gasteiger partial charge < -0.3 is 19.9 Å². The first-order chi connectivity index (χ1) is 9.24. The number of rotatable bonds is 10. The predicted octanol–water partition coefficient (Wildman–Crippen LogP) is 2.10. The van der Waals surface area contributed by atoms with Gasteiger partial charge in [-0.3, -0.25) is 0 Å². The summed E-state index contributed by atoms with van der Waals surface area (Å²) >= 11 is 5.95. The molecule has 19 heavy (non-hydrogen) atoms. The average Bonchev–Trinajstić information content (AvgIpc) is 2.42. The summed E-state index contributed by atoms with van der Waals surface area (Å²) in [5.74, 6) is 0.597. The highest BCUT2D eigenvalue weighted by Crippen LogP contribution is 2.22. The zero-order valence-corrected chi connectivity index (χ0v) is 12.0. The molecule has 1 rings (SSSR count). The van der Waals surface area contributed by atoms with Gasteiger partial charge in [0.1, 0.15) is 18.5 Å². The van der Waals surface area contributed by atoms with E-state index in [9.17, 15) is 5.11 Å². The lowest BCUT2D eigenvalue weighted by atomic mass is 10.3. The van der Waals surface area contributed by atoms with Gasteiger partial charge in [0.2, 0.25) is 0 Å². The van der Waals surface area contributed by atoms with Gasteiger partial charge in [0, 0.05) is 19.8 Å². The van der Waals surface area contributed by atoms with E-state index in [1.54, 1.807) is 12.1 Å². The third-order valence-electron chi connectivity index (χ3n) is 2.49. The quantitative estimate of drug-likeness (QED) is 0.647. The van der Waals surface area contributed by atoms with Crippen molar-refractivity contribution < 1.29 is 14.6 Å². The Morgan fingerprint density at radius 2 is 2.16 bits per heavy atom. The number of hydrogen-bond donors (Lipinski definition) is 2. The molecule has 0 aliphatic heterocycles. The molecule has 0 saturated heterocycles. The lowest BCUT2D eigenvalue weighted by molar-refractivity contribution is 0.104. The standard InChI is InChI=1S/C14H22ClNO3/c1-2-18-9-5-8-16-10-12(17)11-19-14-7-4-3-6-13(14)15/h3-4,6-7,12,16-17H,2,5,8-11H2,1H3. The maximum absolute atomic E-state index is 9.74. The van der Waals surface area contributed by atoms with Gasteiger partial charge in [-0.25, -0.2) is 0 Å². The van der Waals surface area contributed by atoms with Crippen LogP contribution in [0.1, 0.15) is 13.3 Å². The van der Waals surface area contributed by atoms with Gasteiger partial charge in [-0.15, -0.1) is 0 Å². The molecule has 1 aromatic rings. The van der Waals surface area contributed by atoms with Crippen LogP contribution in [0.3, 0.4) is 0 Å². The Balaban J connectivity index is 2.08. The summed E-state index contributed by atoms with van der Waals surface area (Å²) in [5, 5.41) is 13.4. The van der Waals surface area contributed by atoms with Crippen LogP contribution in [0.15, 0.2) is 24.3 Å². The Kier molecular flexibility index (Phi) is 8.58. The number of aliphatic hydroxyl groups excluding tert-OH is 1. The smallest absolute Gasteiger partial charge is 0.138 e. The summed E-state index contributed by atoms with van der Waals surface area (Å²) in [5.41, 5.74) is 0. The molecule has 0 aliphatic rings. The highest BCUT2D eigenvalue weighted by atomic mass is 35.5. The van der Waals surface area contributed by atoms with E-state index >= 15 is 0 Å². The van der Waals surface area contributed by atoms with Gasteiger partial charge in [-0.05, 0) is 32.0 Å². The Hall–Kier alpha value is -0.810. The molecule has 1 atom stereocenters. The van der Waals surface area contributed by atoms with Crippen LogP contribution in [0, 0.1) is 0 Å². The SMILES string of the molecule is CCOCCCNCC(O)COc1ccccc1Cl. The van der Waals surface area contributed by atoms with E-state index in [1.807, 2.05) is 19.1 Å². The van der Waals surface area contributed by atoms with E-state index in [1.165, 1.54) is 0 Å². The average molecular weight is 288 g/mol. The molecule has 1 unspecified atom stereocenters. The molecule has 5 heteroatoms. The van der Waals surface area contributed by atoms with Gasteiger partial charge in [-0.2, -0.15) is 0 Å². The minimum absolute atomic E-state index is 0.224. The van der Waals surface area contributed by atoms with Crippen molar-refractivity contribution >= 4 is 11.6 Å². The van der Waals surface area contributed by atoms with E-state index in [4.69, 9.17) is 21.1 Å². The molecular weight excluding hydrogens is 266 g/mol. The lowest BCUT2D eigenvalue weighted by Gasteiger charge is -2.14. The van der Waals surface area contributed by atoms with E-state index < -0.39 is 6.10 Å². The number of aliphatic hydroxyl groups is 1. The molecule has 0 saturated carbocycles. The summed E-state index contributed by atoms with van der Waals surface area (Å²) in [7, 11) is 0. The molecule has 0 radical (unpaired) electrons. The van der Waals surface area contributed by atoms with E-state index in [-0.39, 0.29) is 6.61 Å². The fourth-order valence-electron chi connectivity index (χ4n) is 1.52. The van der Waals surface area contributed by atoms with Crippen LogP contribution in [0.25, 0.3) is 0 Å². The Morgan fingerprint density at radius 3 is 2.89 bits per heavy atom. The maximum atomic E-state index is 9.74. The first kappa shape index (κ1) is 16.2. The minimum atomic E-state index is -0.552. The summed E-state index contributed by atoms with van der Waals surface area (Å²) in [6.07, 6.45) is 0.384. The van der Waals surface area contributed by atoms with Gasteiger partial charge >= 0.3 is 0 Å². The molecule has 0 amide bonds. The molecule has 0 aliphatic carbocycles. The second-order valence-electron chi connectivity index (χ2n) is 4.15. The minimum Gasteiger partial charge on any atom is -0.489 e. The second kappa shape index (κ2) is 10.0. The number of benzene rings is 1. The molecule has 4 nitrogen and oxygen atoms in total. The van der Waals surface area contributed by atoms with Crippen molar-refractivity contribution in [3.05, 3.63) is 29.3 Å². The van der Waals surface area contributed by atoms with Crippen molar-refractivity contribution in [2.24, 2.45) is 0 Å². The van der Waals surface area contributed by atoms with Gasteiger partial charge in [0.25, 0.3) is 0 Å². The van der Waals surface area contributed by atoms with Crippen molar-refractivity contribution in [3.8, 4) is 5.75 Å². The van der Waals surface area contributed by atoms with E-state index in [2.05, 4.69) is 5.32 Å². The normalized spacial score (nSPS) is 12.4. The van der Waals surface area contributed by atoms with Crippen LogP contribution < -0.4 is 10.1 Å². The van der Waals surface area contributed by atoms with Gasteiger partial charge in [0.05, 0.1) is 5.02 Å². The fourth-order valence-corrected chi connectivity index (χ4v) is 1.71. The molecule has 2 N–H and O–H groups in total. The summed E-state index contributed by atoms with van der Waals surface area (Å²) in [6.45, 7) is 5.01.